The van der Waals surface area contributed by atoms with Crippen LogP contribution in [0.4, 0.5) is 5.69 Å². The standard InChI is InChI=1S/C18H19BrN2O5S/c1-12-7-9-17(10-8-12)27(25,26)20(18(22)13(2)19)14(3)15-5-4-6-16(11-15)21(23)24/h4-11,13-14H,1-3H3/t13?,14-/m1/s1. The van der Waals surface area contributed by atoms with Gasteiger partial charge in [-0.1, -0.05) is 45.8 Å². The Morgan fingerprint density at radius 1 is 1.15 bits per heavy atom. The minimum absolute atomic E-state index is 0.0214. The molecule has 2 aromatic carbocycles. The molecule has 1 amide bonds. The Morgan fingerprint density at radius 3 is 2.26 bits per heavy atom. The SMILES string of the molecule is Cc1ccc(S(=O)(=O)N(C(=O)C(C)Br)[C@H](C)c2cccc([N+](=O)[O-])c2)cc1. The maximum Gasteiger partial charge on any atom is 0.269 e. The van der Waals surface area contributed by atoms with Crippen LogP contribution in [0.3, 0.4) is 0 Å². The largest absolute Gasteiger partial charge is 0.272 e. The highest BCUT2D eigenvalue weighted by Crippen LogP contribution is 2.31. The fourth-order valence-corrected chi connectivity index (χ4v) is 4.55. The Morgan fingerprint density at radius 2 is 1.74 bits per heavy atom. The van der Waals surface area contributed by atoms with E-state index in [1.807, 2.05) is 6.92 Å². The van der Waals surface area contributed by atoms with Crippen molar-refractivity contribution in [1.82, 2.24) is 4.31 Å². The summed E-state index contributed by atoms with van der Waals surface area (Å²) in [6.45, 7) is 4.88. The van der Waals surface area contributed by atoms with E-state index in [-0.39, 0.29) is 10.6 Å². The van der Waals surface area contributed by atoms with Crippen LogP contribution in [0.1, 0.15) is 31.0 Å². The van der Waals surface area contributed by atoms with E-state index in [4.69, 9.17) is 0 Å². The van der Waals surface area contributed by atoms with Gasteiger partial charge in [-0.25, -0.2) is 12.7 Å². The number of hydrogen-bond donors (Lipinski definition) is 0. The molecule has 0 fully saturated rings. The van der Waals surface area contributed by atoms with Crippen molar-refractivity contribution in [3.8, 4) is 0 Å². The van der Waals surface area contributed by atoms with Crippen LogP contribution in [0.25, 0.3) is 0 Å². The average Bonchev–Trinajstić information content (AvgIpc) is 2.61. The number of carbonyl (C=O) groups is 1. The van der Waals surface area contributed by atoms with Gasteiger partial charge in [-0.3, -0.25) is 14.9 Å². The van der Waals surface area contributed by atoms with Gasteiger partial charge in [0.15, 0.2) is 0 Å². The van der Waals surface area contributed by atoms with Gasteiger partial charge < -0.3 is 0 Å². The average molecular weight is 455 g/mol. The van der Waals surface area contributed by atoms with Crippen LogP contribution in [-0.4, -0.2) is 28.4 Å². The minimum atomic E-state index is -4.16. The quantitative estimate of drug-likeness (QED) is 0.373. The highest BCUT2D eigenvalue weighted by Gasteiger charge is 2.36. The smallest absolute Gasteiger partial charge is 0.269 e. The highest BCUT2D eigenvalue weighted by atomic mass is 79.9. The van der Waals surface area contributed by atoms with Crippen molar-refractivity contribution < 1.29 is 18.1 Å². The zero-order valence-corrected chi connectivity index (χ0v) is 17.4. The number of halogens is 1. The molecule has 7 nitrogen and oxygen atoms in total. The lowest BCUT2D eigenvalue weighted by atomic mass is 10.1. The van der Waals surface area contributed by atoms with Crippen molar-refractivity contribution in [3.63, 3.8) is 0 Å². The van der Waals surface area contributed by atoms with E-state index in [1.54, 1.807) is 18.2 Å². The van der Waals surface area contributed by atoms with E-state index in [1.165, 1.54) is 44.2 Å². The second-order valence-corrected chi connectivity index (χ2v) is 9.28. The molecule has 2 rings (SSSR count). The normalized spacial score (nSPS) is 13.6. The van der Waals surface area contributed by atoms with Gasteiger partial charge in [-0.2, -0.15) is 0 Å². The molecule has 0 saturated heterocycles. The van der Waals surface area contributed by atoms with Crippen molar-refractivity contribution in [2.45, 2.75) is 36.5 Å². The van der Waals surface area contributed by atoms with Gasteiger partial charge >= 0.3 is 0 Å². The number of aryl methyl sites for hydroxylation is 1. The maximum absolute atomic E-state index is 13.2. The van der Waals surface area contributed by atoms with Crippen LogP contribution in [0, 0.1) is 17.0 Å². The van der Waals surface area contributed by atoms with E-state index < -0.39 is 31.7 Å². The fourth-order valence-electron chi connectivity index (χ4n) is 2.55. The van der Waals surface area contributed by atoms with Crippen LogP contribution in [0.5, 0.6) is 0 Å². The van der Waals surface area contributed by atoms with E-state index in [9.17, 15) is 23.3 Å². The molecule has 0 saturated carbocycles. The number of nitro groups is 1. The first kappa shape index (κ1) is 21.0. The Hall–Kier alpha value is -2.26. The predicted molar refractivity (Wildman–Crippen MR) is 105 cm³/mol. The number of alkyl halides is 1. The summed E-state index contributed by atoms with van der Waals surface area (Å²) in [5, 5.41) is 11.0. The summed E-state index contributed by atoms with van der Waals surface area (Å²) < 4.78 is 27.1. The molecular weight excluding hydrogens is 436 g/mol. The van der Waals surface area contributed by atoms with Crippen molar-refractivity contribution in [3.05, 3.63) is 69.8 Å². The Kier molecular flexibility index (Phi) is 6.38. The molecule has 0 aliphatic heterocycles. The van der Waals surface area contributed by atoms with E-state index in [2.05, 4.69) is 15.9 Å². The Labute approximate surface area is 166 Å². The molecule has 0 aromatic heterocycles. The number of non-ortho nitro benzene ring substituents is 1. The van der Waals surface area contributed by atoms with E-state index in [0.717, 1.165) is 9.87 Å². The zero-order valence-electron chi connectivity index (χ0n) is 15.0. The number of nitro benzene ring substituents is 1. The molecule has 2 aromatic rings. The van der Waals surface area contributed by atoms with Gasteiger partial charge in [0.25, 0.3) is 15.7 Å². The summed E-state index contributed by atoms with van der Waals surface area (Å²) >= 11 is 3.13. The third-order valence-corrected chi connectivity index (χ3v) is 6.32. The molecule has 0 aliphatic carbocycles. The van der Waals surface area contributed by atoms with Crippen LogP contribution in [0.15, 0.2) is 53.4 Å². The number of hydrogen-bond acceptors (Lipinski definition) is 5. The molecule has 0 N–H and O–H groups in total. The molecule has 2 atom stereocenters. The number of carbonyl (C=O) groups excluding carboxylic acids is 1. The first-order valence-electron chi connectivity index (χ1n) is 8.09. The van der Waals surface area contributed by atoms with Crippen molar-refractivity contribution >= 4 is 37.5 Å². The highest BCUT2D eigenvalue weighted by molar-refractivity contribution is 9.10. The van der Waals surface area contributed by atoms with Gasteiger partial charge in [0, 0.05) is 12.1 Å². The minimum Gasteiger partial charge on any atom is -0.272 e. The summed E-state index contributed by atoms with van der Waals surface area (Å²) in [5.74, 6) is -0.658. The molecule has 0 heterocycles. The molecule has 0 radical (unpaired) electrons. The lowest BCUT2D eigenvalue weighted by molar-refractivity contribution is -0.384. The topological polar surface area (TPSA) is 97.6 Å². The number of rotatable bonds is 6. The summed E-state index contributed by atoms with van der Waals surface area (Å²) in [6, 6.07) is 10.8. The van der Waals surface area contributed by atoms with Gasteiger partial charge in [0.1, 0.15) is 0 Å². The lowest BCUT2D eigenvalue weighted by Gasteiger charge is -2.30. The zero-order chi connectivity index (χ0) is 20.4. The number of amides is 1. The molecule has 9 heteroatoms. The molecule has 1 unspecified atom stereocenters. The van der Waals surface area contributed by atoms with Crippen molar-refractivity contribution in [1.29, 1.82) is 0 Å². The second kappa shape index (κ2) is 8.18. The predicted octanol–water partition coefficient (Wildman–Crippen LogP) is 3.97. The first-order valence-corrected chi connectivity index (χ1v) is 10.4. The Balaban J connectivity index is 2.58. The monoisotopic (exact) mass is 454 g/mol. The van der Waals surface area contributed by atoms with Crippen LogP contribution >= 0.6 is 15.9 Å². The van der Waals surface area contributed by atoms with Crippen LogP contribution in [-0.2, 0) is 14.8 Å². The summed E-state index contributed by atoms with van der Waals surface area (Å²) in [7, 11) is -4.16. The van der Waals surface area contributed by atoms with Gasteiger partial charge in [-0.15, -0.1) is 0 Å². The first-order chi connectivity index (χ1) is 12.6. The van der Waals surface area contributed by atoms with Crippen LogP contribution in [0.2, 0.25) is 0 Å². The molecule has 0 aliphatic rings. The van der Waals surface area contributed by atoms with Gasteiger partial charge in [0.05, 0.1) is 20.7 Å². The number of sulfonamides is 1. The molecular formula is C18H19BrN2O5S. The van der Waals surface area contributed by atoms with Crippen molar-refractivity contribution in [2.24, 2.45) is 0 Å². The molecule has 0 bridgehead atoms. The van der Waals surface area contributed by atoms with Crippen LogP contribution < -0.4 is 0 Å². The molecule has 144 valence electrons. The molecule has 27 heavy (non-hydrogen) atoms. The second-order valence-electron chi connectivity index (χ2n) is 6.10. The summed E-state index contributed by atoms with van der Waals surface area (Å²) in [6.07, 6.45) is 0. The van der Waals surface area contributed by atoms with Gasteiger partial charge in [-0.05, 0) is 38.5 Å². The third kappa shape index (κ3) is 4.54. The third-order valence-electron chi connectivity index (χ3n) is 4.05. The summed E-state index contributed by atoms with van der Waals surface area (Å²) in [4.78, 5) is 22.4. The van der Waals surface area contributed by atoms with Crippen molar-refractivity contribution in [2.75, 3.05) is 0 Å². The Bertz CT molecular complexity index is 958. The van der Waals surface area contributed by atoms with E-state index in [0.29, 0.717) is 5.56 Å². The van der Waals surface area contributed by atoms with E-state index >= 15 is 0 Å². The van der Waals surface area contributed by atoms with Gasteiger partial charge in [0.2, 0.25) is 5.91 Å². The maximum atomic E-state index is 13.2. The number of benzene rings is 2. The number of nitrogens with zero attached hydrogens (tertiary/aromatic N) is 2. The lowest BCUT2D eigenvalue weighted by Crippen LogP contribution is -2.42. The fraction of sp³-hybridized carbons (Fsp3) is 0.278. The summed E-state index contributed by atoms with van der Waals surface area (Å²) in [5.41, 5.74) is 1.06. The molecule has 0 spiro atoms.